The van der Waals surface area contributed by atoms with Gasteiger partial charge in [0.1, 0.15) is 0 Å². The number of piperazine rings is 1. The number of benzene rings is 2. The van der Waals surface area contributed by atoms with Gasteiger partial charge in [0.15, 0.2) is 5.13 Å². The molecular formula is C20H21N5S. The van der Waals surface area contributed by atoms with E-state index in [0.29, 0.717) is 0 Å². The topological polar surface area (TPSA) is 48.1 Å². The van der Waals surface area contributed by atoms with Gasteiger partial charge in [-0.1, -0.05) is 36.5 Å². The molecule has 4 aromatic rings. The van der Waals surface area contributed by atoms with Crippen molar-refractivity contribution in [3.63, 3.8) is 0 Å². The van der Waals surface area contributed by atoms with E-state index in [-0.39, 0.29) is 0 Å². The molecule has 2 aromatic carbocycles. The van der Waals surface area contributed by atoms with Crippen molar-refractivity contribution in [2.45, 2.75) is 13.3 Å². The molecule has 1 aliphatic heterocycles. The highest BCUT2D eigenvalue weighted by molar-refractivity contribution is 7.22. The molecule has 1 N–H and O–H groups in total. The van der Waals surface area contributed by atoms with Gasteiger partial charge in [0.25, 0.3) is 0 Å². The van der Waals surface area contributed by atoms with Crippen molar-refractivity contribution in [1.29, 1.82) is 0 Å². The molecule has 0 aliphatic carbocycles. The first kappa shape index (κ1) is 15.6. The third kappa shape index (κ3) is 2.70. The van der Waals surface area contributed by atoms with E-state index in [1.807, 2.05) is 23.5 Å². The zero-order valence-corrected chi connectivity index (χ0v) is 15.6. The van der Waals surface area contributed by atoms with Gasteiger partial charge in [0.2, 0.25) is 5.95 Å². The SMILES string of the molecule is CCc1ccc2nc(N3CCN(c4nc5ccccc5[nH]4)CC3)sc2c1. The third-order valence-electron chi connectivity index (χ3n) is 5.08. The van der Waals surface area contributed by atoms with Crippen molar-refractivity contribution in [2.75, 3.05) is 36.0 Å². The molecule has 26 heavy (non-hydrogen) atoms. The smallest absolute Gasteiger partial charge is 0.203 e. The Morgan fingerprint density at radius 1 is 0.962 bits per heavy atom. The number of aromatic nitrogens is 3. The lowest BCUT2D eigenvalue weighted by Gasteiger charge is -2.34. The summed E-state index contributed by atoms with van der Waals surface area (Å²) in [6.07, 6.45) is 1.07. The van der Waals surface area contributed by atoms with Crippen LogP contribution in [0.2, 0.25) is 0 Å². The number of rotatable bonds is 3. The number of nitrogens with one attached hydrogen (secondary N) is 1. The fourth-order valence-electron chi connectivity index (χ4n) is 3.51. The van der Waals surface area contributed by atoms with Crippen molar-refractivity contribution in [1.82, 2.24) is 15.0 Å². The summed E-state index contributed by atoms with van der Waals surface area (Å²) in [5, 5.41) is 1.14. The maximum Gasteiger partial charge on any atom is 0.203 e. The molecule has 0 saturated carbocycles. The van der Waals surface area contributed by atoms with Crippen LogP contribution in [-0.4, -0.2) is 41.1 Å². The second-order valence-corrected chi connectivity index (χ2v) is 7.71. The van der Waals surface area contributed by atoms with E-state index < -0.39 is 0 Å². The minimum absolute atomic E-state index is 0.954. The summed E-state index contributed by atoms with van der Waals surface area (Å²) in [7, 11) is 0. The molecule has 1 aliphatic rings. The molecule has 0 atom stereocenters. The van der Waals surface area contributed by atoms with E-state index in [9.17, 15) is 0 Å². The molecule has 1 fully saturated rings. The molecule has 6 heteroatoms. The second-order valence-electron chi connectivity index (χ2n) is 6.70. The number of nitrogens with zero attached hydrogens (tertiary/aromatic N) is 4. The van der Waals surface area contributed by atoms with Crippen molar-refractivity contribution in [3.05, 3.63) is 48.0 Å². The lowest BCUT2D eigenvalue weighted by atomic mass is 10.2. The van der Waals surface area contributed by atoms with E-state index in [4.69, 9.17) is 9.97 Å². The summed E-state index contributed by atoms with van der Waals surface area (Å²) >= 11 is 1.81. The third-order valence-corrected chi connectivity index (χ3v) is 6.16. The second kappa shape index (κ2) is 6.29. The summed E-state index contributed by atoms with van der Waals surface area (Å²) in [5.41, 5.74) is 4.62. The van der Waals surface area contributed by atoms with Crippen LogP contribution >= 0.6 is 11.3 Å². The molecule has 2 aromatic heterocycles. The number of hydrogen-bond acceptors (Lipinski definition) is 5. The van der Waals surface area contributed by atoms with Gasteiger partial charge in [-0.2, -0.15) is 0 Å². The molecular weight excluding hydrogens is 342 g/mol. The van der Waals surface area contributed by atoms with E-state index in [2.05, 4.69) is 52.0 Å². The van der Waals surface area contributed by atoms with E-state index >= 15 is 0 Å². The van der Waals surface area contributed by atoms with E-state index in [0.717, 1.165) is 60.2 Å². The van der Waals surface area contributed by atoms with Crippen LogP contribution in [0.25, 0.3) is 21.3 Å². The van der Waals surface area contributed by atoms with Gasteiger partial charge in [-0.15, -0.1) is 0 Å². The highest BCUT2D eigenvalue weighted by Gasteiger charge is 2.21. The van der Waals surface area contributed by atoms with Gasteiger partial charge in [-0.3, -0.25) is 0 Å². The molecule has 5 nitrogen and oxygen atoms in total. The minimum Gasteiger partial charge on any atom is -0.345 e. The van der Waals surface area contributed by atoms with Crippen LogP contribution in [0.5, 0.6) is 0 Å². The summed E-state index contributed by atoms with van der Waals surface area (Å²) in [5.74, 6) is 0.975. The molecule has 0 amide bonds. The number of para-hydroxylation sites is 2. The lowest BCUT2D eigenvalue weighted by molar-refractivity contribution is 0.642. The first-order valence-electron chi connectivity index (χ1n) is 9.14. The Balaban J connectivity index is 1.33. The highest BCUT2D eigenvalue weighted by atomic mass is 32.1. The lowest BCUT2D eigenvalue weighted by Crippen LogP contribution is -2.46. The van der Waals surface area contributed by atoms with Crippen LogP contribution in [0, 0.1) is 0 Å². The molecule has 0 spiro atoms. The number of thiazole rings is 1. The molecule has 1 saturated heterocycles. The number of imidazole rings is 1. The summed E-state index contributed by atoms with van der Waals surface area (Å²) in [6.45, 7) is 6.04. The Labute approximate surface area is 156 Å². The van der Waals surface area contributed by atoms with Crippen molar-refractivity contribution < 1.29 is 0 Å². The van der Waals surface area contributed by atoms with Crippen molar-refractivity contribution >= 4 is 43.7 Å². The number of aryl methyl sites for hydroxylation is 1. The molecule has 0 radical (unpaired) electrons. The molecule has 3 heterocycles. The average molecular weight is 363 g/mol. The van der Waals surface area contributed by atoms with Gasteiger partial charge >= 0.3 is 0 Å². The molecule has 132 valence electrons. The van der Waals surface area contributed by atoms with Crippen LogP contribution in [0.1, 0.15) is 12.5 Å². The Morgan fingerprint density at radius 3 is 2.58 bits per heavy atom. The largest absolute Gasteiger partial charge is 0.345 e. The highest BCUT2D eigenvalue weighted by Crippen LogP contribution is 2.30. The summed E-state index contributed by atoms with van der Waals surface area (Å²) in [4.78, 5) is 17.7. The first-order valence-corrected chi connectivity index (χ1v) is 9.96. The van der Waals surface area contributed by atoms with Gasteiger partial charge in [0, 0.05) is 26.2 Å². The van der Waals surface area contributed by atoms with Crippen molar-refractivity contribution in [2.24, 2.45) is 0 Å². The maximum atomic E-state index is 4.85. The fourth-order valence-corrected chi connectivity index (χ4v) is 4.59. The summed E-state index contributed by atoms with van der Waals surface area (Å²) in [6, 6.07) is 14.8. The summed E-state index contributed by atoms with van der Waals surface area (Å²) < 4.78 is 1.29. The standard InChI is InChI=1S/C20H21N5S/c1-2-14-7-8-17-18(13-14)26-20(23-17)25-11-9-24(10-12-25)19-21-15-5-3-4-6-16(15)22-19/h3-8,13H,2,9-12H2,1H3,(H,21,22). The zero-order chi connectivity index (χ0) is 17.5. The molecule has 0 unspecified atom stereocenters. The zero-order valence-electron chi connectivity index (χ0n) is 14.8. The Kier molecular flexibility index (Phi) is 3.78. The fraction of sp³-hybridized carbons (Fsp3) is 0.300. The average Bonchev–Trinajstić information content (AvgIpc) is 3.31. The van der Waals surface area contributed by atoms with Crippen LogP contribution in [-0.2, 0) is 6.42 Å². The van der Waals surface area contributed by atoms with Gasteiger partial charge in [-0.25, -0.2) is 9.97 Å². The molecule has 5 rings (SSSR count). The number of anilines is 2. The normalized spacial score (nSPS) is 15.3. The minimum atomic E-state index is 0.954. The predicted octanol–water partition coefficient (Wildman–Crippen LogP) is 4.06. The number of hydrogen-bond donors (Lipinski definition) is 1. The number of fused-ring (bicyclic) bond motifs is 2. The molecule has 0 bridgehead atoms. The van der Waals surface area contributed by atoms with Crippen LogP contribution in [0.15, 0.2) is 42.5 Å². The van der Waals surface area contributed by atoms with E-state index in [1.165, 1.54) is 10.3 Å². The van der Waals surface area contributed by atoms with Crippen LogP contribution in [0.3, 0.4) is 0 Å². The Bertz CT molecular complexity index is 1030. The van der Waals surface area contributed by atoms with Gasteiger partial charge in [0.05, 0.1) is 21.3 Å². The van der Waals surface area contributed by atoms with Crippen LogP contribution in [0.4, 0.5) is 11.1 Å². The predicted molar refractivity (Wildman–Crippen MR) is 110 cm³/mol. The van der Waals surface area contributed by atoms with E-state index in [1.54, 1.807) is 0 Å². The number of aromatic amines is 1. The van der Waals surface area contributed by atoms with Gasteiger partial charge in [-0.05, 0) is 36.2 Å². The Morgan fingerprint density at radius 2 is 1.77 bits per heavy atom. The number of H-pyrrole nitrogens is 1. The quantitative estimate of drug-likeness (QED) is 0.596. The maximum absolute atomic E-state index is 4.85. The first-order chi connectivity index (χ1) is 12.8. The van der Waals surface area contributed by atoms with Crippen LogP contribution < -0.4 is 9.80 Å². The van der Waals surface area contributed by atoms with Gasteiger partial charge < -0.3 is 14.8 Å². The monoisotopic (exact) mass is 363 g/mol. The van der Waals surface area contributed by atoms with Crippen molar-refractivity contribution in [3.8, 4) is 0 Å². The Hall–Kier alpha value is -2.60.